The Morgan fingerprint density at radius 2 is 0.721 bits per heavy atom. The maximum absolute atomic E-state index is 2.54. The summed E-state index contributed by atoms with van der Waals surface area (Å²) in [6, 6.07) is 78.7. The highest BCUT2D eigenvalue weighted by Crippen LogP contribution is 2.56. The summed E-state index contributed by atoms with van der Waals surface area (Å²) in [7, 11) is 0. The summed E-state index contributed by atoms with van der Waals surface area (Å²) in [6.45, 7) is 9.45. The van der Waals surface area contributed by atoms with Crippen LogP contribution in [0, 0.1) is 0 Å². The van der Waals surface area contributed by atoms with Gasteiger partial charge in [-0.05, 0) is 103 Å². The Morgan fingerprint density at radius 3 is 1.44 bits per heavy atom. The zero-order valence-corrected chi connectivity index (χ0v) is 35.2. The molecule has 11 rings (SSSR count). The summed E-state index contributed by atoms with van der Waals surface area (Å²) in [6.07, 6.45) is 0. The van der Waals surface area contributed by atoms with Gasteiger partial charge in [-0.25, -0.2) is 0 Å². The number of rotatable bonds is 7. The van der Waals surface area contributed by atoms with E-state index in [1.54, 1.807) is 0 Å². The Morgan fingerprint density at radius 1 is 0.262 bits per heavy atom. The van der Waals surface area contributed by atoms with Crippen molar-refractivity contribution in [3.05, 3.63) is 235 Å². The van der Waals surface area contributed by atoms with Gasteiger partial charge in [-0.15, -0.1) is 0 Å². The Kier molecular flexibility index (Phi) is 8.58. The van der Waals surface area contributed by atoms with Crippen molar-refractivity contribution in [1.82, 2.24) is 0 Å². The van der Waals surface area contributed by atoms with Gasteiger partial charge in [0.25, 0.3) is 0 Å². The van der Waals surface area contributed by atoms with E-state index < -0.39 is 0 Å². The van der Waals surface area contributed by atoms with Crippen molar-refractivity contribution in [2.75, 3.05) is 4.90 Å². The van der Waals surface area contributed by atoms with E-state index >= 15 is 0 Å². The van der Waals surface area contributed by atoms with Crippen LogP contribution in [0.4, 0.5) is 17.1 Å². The highest BCUT2D eigenvalue weighted by molar-refractivity contribution is 6.02. The summed E-state index contributed by atoms with van der Waals surface area (Å²) < 4.78 is 0. The topological polar surface area (TPSA) is 3.24 Å². The molecule has 0 atom stereocenters. The molecule has 0 amide bonds. The third-order valence-corrected chi connectivity index (χ3v) is 13.5. The van der Waals surface area contributed by atoms with Crippen LogP contribution in [0.5, 0.6) is 0 Å². The minimum atomic E-state index is -0.113. The molecular formula is C60H47N. The molecule has 9 aromatic carbocycles. The average Bonchev–Trinajstić information content (AvgIpc) is 3.69. The third kappa shape index (κ3) is 5.83. The van der Waals surface area contributed by atoms with Gasteiger partial charge in [0.05, 0.1) is 17.1 Å². The quantitative estimate of drug-likeness (QED) is 0.156. The molecule has 0 saturated carbocycles. The Labute approximate surface area is 360 Å². The minimum absolute atomic E-state index is 0.0663. The monoisotopic (exact) mass is 781 g/mol. The SMILES string of the molecule is CC1(C)c2ccccc2-c2cc(-c3ccccc3N(c3ccc(-c4ccccc4)cc3-c3ccccc3)c3ccccc3-c3cccc4c3-c3ccccc3C4(C)C)ccc21. The smallest absolute Gasteiger partial charge is 0.0540 e. The highest BCUT2D eigenvalue weighted by Gasteiger charge is 2.38. The van der Waals surface area contributed by atoms with E-state index in [0.29, 0.717) is 0 Å². The van der Waals surface area contributed by atoms with Crippen LogP contribution in [-0.4, -0.2) is 0 Å². The van der Waals surface area contributed by atoms with Crippen molar-refractivity contribution in [3.63, 3.8) is 0 Å². The fourth-order valence-corrected chi connectivity index (χ4v) is 10.5. The first-order valence-corrected chi connectivity index (χ1v) is 21.5. The number of hydrogen-bond acceptors (Lipinski definition) is 1. The summed E-state index contributed by atoms with van der Waals surface area (Å²) in [5.74, 6) is 0. The van der Waals surface area contributed by atoms with Gasteiger partial charge < -0.3 is 4.90 Å². The van der Waals surface area contributed by atoms with Crippen molar-refractivity contribution in [3.8, 4) is 66.8 Å². The maximum Gasteiger partial charge on any atom is 0.0540 e. The lowest BCUT2D eigenvalue weighted by atomic mass is 9.82. The number of anilines is 3. The fraction of sp³-hybridized carbons (Fsp3) is 0.100. The van der Waals surface area contributed by atoms with E-state index in [0.717, 1.165) is 17.1 Å². The second-order valence-electron chi connectivity index (χ2n) is 17.7. The van der Waals surface area contributed by atoms with Crippen LogP contribution in [-0.2, 0) is 10.8 Å². The third-order valence-electron chi connectivity index (χ3n) is 13.5. The zero-order valence-electron chi connectivity index (χ0n) is 35.2. The molecule has 0 spiro atoms. The van der Waals surface area contributed by atoms with Gasteiger partial charge in [0, 0.05) is 27.5 Å². The van der Waals surface area contributed by atoms with Crippen molar-refractivity contribution in [1.29, 1.82) is 0 Å². The molecule has 1 nitrogen and oxygen atoms in total. The number of para-hydroxylation sites is 2. The van der Waals surface area contributed by atoms with Gasteiger partial charge >= 0.3 is 0 Å². The van der Waals surface area contributed by atoms with Crippen LogP contribution in [0.2, 0.25) is 0 Å². The average molecular weight is 782 g/mol. The largest absolute Gasteiger partial charge is 0.309 e. The zero-order chi connectivity index (χ0) is 41.3. The van der Waals surface area contributed by atoms with Gasteiger partial charge in [0.1, 0.15) is 0 Å². The van der Waals surface area contributed by atoms with Crippen LogP contribution >= 0.6 is 0 Å². The first kappa shape index (κ1) is 36.8. The van der Waals surface area contributed by atoms with Gasteiger partial charge in [0.15, 0.2) is 0 Å². The normalized spacial score (nSPS) is 13.8. The molecule has 0 N–H and O–H groups in total. The number of nitrogens with zero attached hydrogens (tertiary/aromatic N) is 1. The van der Waals surface area contributed by atoms with E-state index in [1.807, 2.05) is 0 Å². The van der Waals surface area contributed by atoms with Gasteiger partial charge in [-0.3, -0.25) is 0 Å². The first-order chi connectivity index (χ1) is 29.8. The first-order valence-electron chi connectivity index (χ1n) is 21.5. The van der Waals surface area contributed by atoms with Crippen LogP contribution < -0.4 is 4.90 Å². The van der Waals surface area contributed by atoms with E-state index in [9.17, 15) is 0 Å². The summed E-state index contributed by atoms with van der Waals surface area (Å²) in [5, 5.41) is 0. The second kappa shape index (κ2) is 14.2. The van der Waals surface area contributed by atoms with E-state index in [-0.39, 0.29) is 10.8 Å². The van der Waals surface area contributed by atoms with Crippen molar-refractivity contribution in [2.24, 2.45) is 0 Å². The van der Waals surface area contributed by atoms with Crippen molar-refractivity contribution in [2.45, 2.75) is 38.5 Å². The second-order valence-corrected chi connectivity index (χ2v) is 17.7. The Bertz CT molecular complexity index is 3130. The molecule has 0 aliphatic heterocycles. The van der Waals surface area contributed by atoms with Crippen LogP contribution in [0.15, 0.2) is 212 Å². The molecule has 0 bridgehead atoms. The van der Waals surface area contributed by atoms with Crippen LogP contribution in [0.3, 0.4) is 0 Å². The lowest BCUT2D eigenvalue weighted by molar-refractivity contribution is 0.660. The molecule has 2 aliphatic carbocycles. The van der Waals surface area contributed by atoms with Crippen molar-refractivity contribution >= 4 is 17.1 Å². The lowest BCUT2D eigenvalue weighted by Crippen LogP contribution is -2.15. The Balaban J connectivity index is 1.19. The molecular weight excluding hydrogens is 735 g/mol. The minimum Gasteiger partial charge on any atom is -0.309 e. The standard InChI is InChI=1S/C60H47N/c1-59(2)51-29-15-11-25-45(51)50-39-43(34-36-53(50)59)44-24-13-17-32-55(44)61(57-37-35-42(40-20-7-5-8-21-40)38-49(57)41-22-9-6-10-23-41)56-33-18-14-26-46(56)47-28-19-31-54-58(47)48-27-12-16-30-52(48)60(54,3)4/h5-39H,1-4H3. The number of benzene rings is 9. The predicted molar refractivity (Wildman–Crippen MR) is 258 cm³/mol. The molecule has 0 heterocycles. The van der Waals surface area contributed by atoms with E-state index in [2.05, 4.69) is 245 Å². The van der Waals surface area contributed by atoms with Crippen LogP contribution in [0.25, 0.3) is 66.8 Å². The molecule has 0 fully saturated rings. The summed E-state index contributed by atoms with van der Waals surface area (Å²) >= 11 is 0. The summed E-state index contributed by atoms with van der Waals surface area (Å²) in [4.78, 5) is 2.54. The van der Waals surface area contributed by atoms with Gasteiger partial charge in [-0.2, -0.15) is 0 Å². The molecule has 9 aromatic rings. The van der Waals surface area contributed by atoms with E-state index in [4.69, 9.17) is 0 Å². The van der Waals surface area contributed by atoms with Crippen molar-refractivity contribution < 1.29 is 0 Å². The molecule has 61 heavy (non-hydrogen) atoms. The molecule has 2 aliphatic rings. The number of hydrogen-bond donors (Lipinski definition) is 0. The van der Waals surface area contributed by atoms with E-state index in [1.165, 1.54) is 89.0 Å². The summed E-state index contributed by atoms with van der Waals surface area (Å²) in [5.41, 5.74) is 23.5. The van der Waals surface area contributed by atoms with Gasteiger partial charge in [-0.1, -0.05) is 210 Å². The Hall–Kier alpha value is -7.22. The molecule has 0 unspecified atom stereocenters. The fourth-order valence-electron chi connectivity index (χ4n) is 10.5. The maximum atomic E-state index is 2.54. The number of fused-ring (bicyclic) bond motifs is 6. The molecule has 292 valence electrons. The molecule has 0 aromatic heterocycles. The lowest BCUT2D eigenvalue weighted by Gasteiger charge is -2.32. The predicted octanol–water partition coefficient (Wildman–Crippen LogP) is 16.4. The molecule has 0 radical (unpaired) electrons. The highest BCUT2D eigenvalue weighted by atomic mass is 15.1. The molecule has 0 saturated heterocycles. The van der Waals surface area contributed by atoms with Crippen LogP contribution in [0.1, 0.15) is 49.9 Å². The molecule has 1 heteroatoms. The van der Waals surface area contributed by atoms with Gasteiger partial charge in [0.2, 0.25) is 0 Å².